The maximum Gasteiger partial charge on any atom is 0.243 e. The third-order valence-electron chi connectivity index (χ3n) is 3.09. The van der Waals surface area contributed by atoms with Gasteiger partial charge in [-0.25, -0.2) is 12.8 Å². The van der Waals surface area contributed by atoms with Crippen LogP contribution in [0.4, 0.5) is 4.39 Å². The molecule has 0 fully saturated rings. The standard InChI is InChI=1S/C13H13FN2O2S/c1-10-4-6-16(7-5-10)19(17,18)12-2-3-13(14)11(8-12)9-15/h2-4,8H,5-7H2,1H3. The average molecular weight is 280 g/mol. The van der Waals surface area contributed by atoms with Crippen molar-refractivity contribution in [2.24, 2.45) is 0 Å². The molecule has 2 rings (SSSR count). The molecule has 19 heavy (non-hydrogen) atoms. The molecule has 1 aliphatic rings. The SMILES string of the molecule is CC1=CCN(S(=O)(=O)c2ccc(F)c(C#N)c2)CC1. The zero-order chi connectivity index (χ0) is 14.0. The molecule has 0 bridgehead atoms. The van der Waals surface area contributed by atoms with Crippen molar-refractivity contribution in [3.05, 3.63) is 41.2 Å². The number of nitrogens with zero attached hydrogens (tertiary/aromatic N) is 2. The van der Waals surface area contributed by atoms with Crippen molar-refractivity contribution < 1.29 is 12.8 Å². The van der Waals surface area contributed by atoms with Crippen molar-refractivity contribution in [3.8, 4) is 6.07 Å². The zero-order valence-electron chi connectivity index (χ0n) is 10.4. The van der Waals surface area contributed by atoms with E-state index < -0.39 is 15.8 Å². The molecule has 0 atom stereocenters. The Morgan fingerprint density at radius 1 is 1.42 bits per heavy atom. The van der Waals surface area contributed by atoms with E-state index in [1.807, 2.05) is 13.0 Å². The van der Waals surface area contributed by atoms with E-state index in [2.05, 4.69) is 0 Å². The summed E-state index contributed by atoms with van der Waals surface area (Å²) in [6, 6.07) is 4.93. The molecule has 0 saturated carbocycles. The Morgan fingerprint density at radius 2 is 2.16 bits per heavy atom. The summed E-state index contributed by atoms with van der Waals surface area (Å²) < 4.78 is 39.2. The maximum absolute atomic E-state index is 13.2. The topological polar surface area (TPSA) is 61.2 Å². The first-order valence-corrected chi connectivity index (χ1v) is 7.24. The van der Waals surface area contributed by atoms with Gasteiger partial charge in [-0.2, -0.15) is 9.57 Å². The molecule has 1 heterocycles. The van der Waals surface area contributed by atoms with Crippen LogP contribution >= 0.6 is 0 Å². The van der Waals surface area contributed by atoms with Gasteiger partial charge in [-0.1, -0.05) is 11.6 Å². The van der Waals surface area contributed by atoms with Gasteiger partial charge in [0.15, 0.2) is 0 Å². The molecular weight excluding hydrogens is 267 g/mol. The monoisotopic (exact) mass is 280 g/mol. The lowest BCUT2D eigenvalue weighted by Gasteiger charge is -2.24. The van der Waals surface area contributed by atoms with E-state index in [9.17, 15) is 12.8 Å². The molecule has 0 N–H and O–H groups in total. The van der Waals surface area contributed by atoms with Gasteiger partial charge in [0.25, 0.3) is 0 Å². The second-order valence-electron chi connectivity index (χ2n) is 4.42. The van der Waals surface area contributed by atoms with Gasteiger partial charge >= 0.3 is 0 Å². The Labute approximate surface area is 111 Å². The molecule has 100 valence electrons. The maximum atomic E-state index is 13.2. The molecule has 0 amide bonds. The van der Waals surface area contributed by atoms with Crippen LogP contribution in [0.5, 0.6) is 0 Å². The van der Waals surface area contributed by atoms with Gasteiger partial charge in [-0.15, -0.1) is 0 Å². The Balaban J connectivity index is 2.38. The van der Waals surface area contributed by atoms with Crippen molar-refractivity contribution in [3.63, 3.8) is 0 Å². The van der Waals surface area contributed by atoms with E-state index in [0.717, 1.165) is 17.7 Å². The zero-order valence-corrected chi connectivity index (χ0v) is 11.2. The van der Waals surface area contributed by atoms with Crippen LogP contribution < -0.4 is 0 Å². The van der Waals surface area contributed by atoms with Crippen molar-refractivity contribution in [2.45, 2.75) is 18.2 Å². The molecule has 1 aromatic carbocycles. The smallest absolute Gasteiger partial charge is 0.207 e. The lowest BCUT2D eigenvalue weighted by molar-refractivity contribution is 0.431. The third-order valence-corrected chi connectivity index (χ3v) is 4.96. The van der Waals surface area contributed by atoms with Gasteiger partial charge in [0, 0.05) is 13.1 Å². The highest BCUT2D eigenvalue weighted by Gasteiger charge is 2.26. The first kappa shape index (κ1) is 13.7. The number of sulfonamides is 1. The van der Waals surface area contributed by atoms with Crippen LogP contribution in [0.15, 0.2) is 34.7 Å². The van der Waals surface area contributed by atoms with Gasteiger partial charge in [0.1, 0.15) is 11.9 Å². The number of hydrogen-bond donors (Lipinski definition) is 0. The van der Waals surface area contributed by atoms with Gasteiger partial charge in [-0.3, -0.25) is 0 Å². The van der Waals surface area contributed by atoms with Crippen LogP contribution in [0.3, 0.4) is 0 Å². The van der Waals surface area contributed by atoms with Gasteiger partial charge < -0.3 is 0 Å². The fourth-order valence-corrected chi connectivity index (χ4v) is 3.28. The van der Waals surface area contributed by atoms with Crippen LogP contribution in [0.2, 0.25) is 0 Å². The summed E-state index contributed by atoms with van der Waals surface area (Å²) in [5.74, 6) is -0.712. The molecule has 4 nitrogen and oxygen atoms in total. The summed E-state index contributed by atoms with van der Waals surface area (Å²) in [6.07, 6.45) is 2.54. The van der Waals surface area contributed by atoms with E-state index in [1.54, 1.807) is 6.07 Å². The molecule has 0 saturated heterocycles. The first-order valence-electron chi connectivity index (χ1n) is 5.80. The van der Waals surface area contributed by atoms with Gasteiger partial charge in [-0.05, 0) is 31.5 Å². The lowest BCUT2D eigenvalue weighted by Crippen LogP contribution is -2.34. The highest BCUT2D eigenvalue weighted by molar-refractivity contribution is 7.89. The predicted octanol–water partition coefficient (Wildman–Crippen LogP) is 2.04. The summed E-state index contributed by atoms with van der Waals surface area (Å²) in [4.78, 5) is -0.0431. The number of hydrogen-bond acceptors (Lipinski definition) is 3. The van der Waals surface area contributed by atoms with E-state index in [-0.39, 0.29) is 10.5 Å². The predicted molar refractivity (Wildman–Crippen MR) is 68.2 cm³/mol. The van der Waals surface area contributed by atoms with Crippen molar-refractivity contribution >= 4 is 10.0 Å². The number of benzene rings is 1. The van der Waals surface area contributed by atoms with Crippen LogP contribution in [-0.2, 0) is 10.0 Å². The van der Waals surface area contributed by atoms with Gasteiger partial charge in [0.2, 0.25) is 10.0 Å². The number of halogens is 1. The van der Waals surface area contributed by atoms with E-state index in [4.69, 9.17) is 5.26 Å². The quantitative estimate of drug-likeness (QED) is 0.779. The summed E-state index contributed by atoms with van der Waals surface area (Å²) in [6.45, 7) is 2.67. The minimum atomic E-state index is -3.66. The van der Waals surface area contributed by atoms with E-state index in [1.165, 1.54) is 10.4 Å². The second kappa shape index (κ2) is 5.11. The molecule has 1 aromatic rings. The van der Waals surface area contributed by atoms with Crippen LogP contribution in [0.25, 0.3) is 0 Å². The van der Waals surface area contributed by atoms with Crippen molar-refractivity contribution in [1.82, 2.24) is 4.31 Å². The number of rotatable bonds is 2. The Kier molecular flexibility index (Phi) is 3.69. The Hall–Kier alpha value is -1.71. The molecule has 0 unspecified atom stereocenters. The van der Waals surface area contributed by atoms with Gasteiger partial charge in [0.05, 0.1) is 10.5 Å². The van der Waals surface area contributed by atoms with E-state index >= 15 is 0 Å². The van der Waals surface area contributed by atoms with Crippen molar-refractivity contribution in [2.75, 3.05) is 13.1 Å². The molecule has 0 aromatic heterocycles. The summed E-state index contributed by atoms with van der Waals surface area (Å²) in [5, 5.41) is 8.75. The Bertz CT molecular complexity index is 674. The lowest BCUT2D eigenvalue weighted by atomic mass is 10.1. The number of nitriles is 1. The molecule has 1 aliphatic heterocycles. The molecule has 0 aliphatic carbocycles. The van der Waals surface area contributed by atoms with Crippen LogP contribution in [-0.4, -0.2) is 25.8 Å². The minimum Gasteiger partial charge on any atom is -0.207 e. The molecular formula is C13H13FN2O2S. The summed E-state index contributed by atoms with van der Waals surface area (Å²) in [7, 11) is -3.66. The second-order valence-corrected chi connectivity index (χ2v) is 6.35. The Morgan fingerprint density at radius 3 is 2.74 bits per heavy atom. The highest BCUT2D eigenvalue weighted by Crippen LogP contribution is 2.22. The minimum absolute atomic E-state index is 0.0431. The van der Waals surface area contributed by atoms with Crippen LogP contribution in [0, 0.1) is 17.1 Å². The summed E-state index contributed by atoms with van der Waals surface area (Å²) >= 11 is 0. The van der Waals surface area contributed by atoms with Crippen LogP contribution in [0.1, 0.15) is 18.9 Å². The normalized spacial score (nSPS) is 16.8. The van der Waals surface area contributed by atoms with E-state index in [0.29, 0.717) is 19.5 Å². The fourth-order valence-electron chi connectivity index (χ4n) is 1.87. The van der Waals surface area contributed by atoms with Crippen molar-refractivity contribution in [1.29, 1.82) is 5.26 Å². The highest BCUT2D eigenvalue weighted by atomic mass is 32.2. The average Bonchev–Trinajstić information content (AvgIpc) is 2.39. The largest absolute Gasteiger partial charge is 0.243 e. The third kappa shape index (κ3) is 2.67. The molecule has 0 spiro atoms. The molecule has 0 radical (unpaired) electrons. The first-order chi connectivity index (χ1) is 8.95. The summed E-state index contributed by atoms with van der Waals surface area (Å²) in [5.41, 5.74) is 0.896. The molecule has 6 heteroatoms. The fraction of sp³-hybridized carbons (Fsp3) is 0.308.